The van der Waals surface area contributed by atoms with Gasteiger partial charge in [0.1, 0.15) is 0 Å². The number of thiazole rings is 1. The van der Waals surface area contributed by atoms with E-state index in [1.807, 2.05) is 41.4 Å². The van der Waals surface area contributed by atoms with Crippen LogP contribution in [0.2, 0.25) is 0 Å². The molecule has 0 aliphatic carbocycles. The van der Waals surface area contributed by atoms with Gasteiger partial charge < -0.3 is 4.90 Å². The molecule has 26 heavy (non-hydrogen) atoms. The first-order valence-corrected chi connectivity index (χ1v) is 9.84. The molecule has 0 N–H and O–H groups in total. The third-order valence-corrected chi connectivity index (χ3v) is 5.82. The van der Waals surface area contributed by atoms with E-state index in [-0.39, 0.29) is 5.91 Å². The van der Waals surface area contributed by atoms with Gasteiger partial charge in [0.05, 0.1) is 20.9 Å². The number of piperazine rings is 1. The summed E-state index contributed by atoms with van der Waals surface area (Å²) in [7, 11) is 0. The molecule has 0 saturated carbocycles. The first-order valence-electron chi connectivity index (χ1n) is 9.02. The quantitative estimate of drug-likeness (QED) is 0.697. The number of carbonyl (C=O) groups excluding carboxylic acids is 1. The Morgan fingerprint density at radius 1 is 1.04 bits per heavy atom. The summed E-state index contributed by atoms with van der Waals surface area (Å²) in [4.78, 5) is 25.9. The van der Waals surface area contributed by atoms with Gasteiger partial charge in [0.2, 0.25) is 5.91 Å². The number of amides is 1. The van der Waals surface area contributed by atoms with Crippen LogP contribution in [0.3, 0.4) is 0 Å². The van der Waals surface area contributed by atoms with E-state index in [0.29, 0.717) is 6.42 Å². The second-order valence-corrected chi connectivity index (χ2v) is 7.67. The van der Waals surface area contributed by atoms with Crippen LogP contribution in [0.15, 0.2) is 48.7 Å². The summed E-state index contributed by atoms with van der Waals surface area (Å²) < 4.78 is 1.19. The van der Waals surface area contributed by atoms with Crippen LogP contribution < -0.4 is 0 Å². The summed E-state index contributed by atoms with van der Waals surface area (Å²) in [5.41, 5.74) is 2.12. The number of aromatic nitrogens is 2. The molecule has 2 aromatic heterocycles. The number of aryl methyl sites for hydroxylation is 1. The van der Waals surface area contributed by atoms with Crippen LogP contribution >= 0.6 is 11.3 Å². The lowest BCUT2D eigenvalue weighted by Crippen LogP contribution is -2.48. The van der Waals surface area contributed by atoms with Crippen LogP contribution in [0.25, 0.3) is 10.2 Å². The van der Waals surface area contributed by atoms with Gasteiger partial charge in [-0.25, -0.2) is 4.98 Å². The number of benzene rings is 1. The highest BCUT2D eigenvalue weighted by atomic mass is 32.1. The summed E-state index contributed by atoms with van der Waals surface area (Å²) in [6.07, 6.45) is 3.10. The Bertz CT molecular complexity index is 839. The zero-order valence-corrected chi connectivity index (χ0v) is 15.5. The Balaban J connectivity index is 1.25. The highest BCUT2D eigenvalue weighted by Gasteiger charge is 2.21. The Kier molecular flexibility index (Phi) is 5.22. The molecule has 1 aliphatic heterocycles. The molecule has 1 aromatic carbocycles. The van der Waals surface area contributed by atoms with Gasteiger partial charge in [0, 0.05) is 51.8 Å². The second-order valence-electron chi connectivity index (χ2n) is 6.55. The monoisotopic (exact) mass is 366 g/mol. The Morgan fingerprint density at radius 2 is 1.85 bits per heavy atom. The van der Waals surface area contributed by atoms with Crippen LogP contribution in [0.1, 0.15) is 17.1 Å². The van der Waals surface area contributed by atoms with Gasteiger partial charge in [0.25, 0.3) is 0 Å². The second kappa shape index (κ2) is 7.93. The van der Waals surface area contributed by atoms with E-state index in [2.05, 4.69) is 27.0 Å². The van der Waals surface area contributed by atoms with E-state index in [1.54, 1.807) is 11.3 Å². The van der Waals surface area contributed by atoms with E-state index in [1.165, 1.54) is 4.70 Å². The summed E-state index contributed by atoms with van der Waals surface area (Å²) in [5.74, 6) is 0.238. The fraction of sp³-hybridized carbons (Fsp3) is 0.350. The lowest BCUT2D eigenvalue weighted by molar-refractivity contribution is -0.133. The van der Waals surface area contributed by atoms with Crippen molar-refractivity contribution in [1.82, 2.24) is 19.8 Å². The van der Waals surface area contributed by atoms with E-state index in [4.69, 9.17) is 0 Å². The minimum absolute atomic E-state index is 0.238. The molecule has 4 rings (SSSR count). The van der Waals surface area contributed by atoms with Gasteiger partial charge in [-0.2, -0.15) is 0 Å². The molecule has 134 valence electrons. The molecular formula is C20H22N4OS. The fourth-order valence-corrected chi connectivity index (χ4v) is 4.24. The van der Waals surface area contributed by atoms with E-state index in [9.17, 15) is 4.79 Å². The lowest BCUT2D eigenvalue weighted by Gasteiger charge is -2.34. The minimum Gasteiger partial charge on any atom is -0.340 e. The highest BCUT2D eigenvalue weighted by molar-refractivity contribution is 7.18. The lowest BCUT2D eigenvalue weighted by atomic mass is 10.2. The molecule has 5 nitrogen and oxygen atoms in total. The molecule has 6 heteroatoms. The van der Waals surface area contributed by atoms with Crippen LogP contribution in [0, 0.1) is 0 Å². The molecule has 1 amide bonds. The molecular weight excluding hydrogens is 344 g/mol. The Hall–Kier alpha value is -2.31. The van der Waals surface area contributed by atoms with E-state index >= 15 is 0 Å². The predicted molar refractivity (Wildman–Crippen MR) is 104 cm³/mol. The molecule has 1 fully saturated rings. The predicted octanol–water partition coefficient (Wildman–Crippen LogP) is 2.97. The average molecular weight is 366 g/mol. The normalized spacial score (nSPS) is 15.5. The largest absolute Gasteiger partial charge is 0.340 e. The minimum atomic E-state index is 0.238. The van der Waals surface area contributed by atoms with Gasteiger partial charge in [-0.1, -0.05) is 18.2 Å². The third-order valence-electron chi connectivity index (χ3n) is 4.73. The third kappa shape index (κ3) is 4.08. The summed E-state index contributed by atoms with van der Waals surface area (Å²) >= 11 is 1.69. The van der Waals surface area contributed by atoms with Crippen molar-refractivity contribution in [3.05, 3.63) is 59.4 Å². The number of para-hydroxylation sites is 1. The van der Waals surface area contributed by atoms with Crippen molar-refractivity contribution in [2.45, 2.75) is 19.4 Å². The average Bonchev–Trinajstić information content (AvgIpc) is 3.10. The van der Waals surface area contributed by atoms with Crippen LogP contribution in [-0.2, 0) is 17.8 Å². The van der Waals surface area contributed by atoms with Crippen molar-refractivity contribution in [2.75, 3.05) is 26.2 Å². The summed E-state index contributed by atoms with van der Waals surface area (Å²) in [6, 6.07) is 14.1. The maximum Gasteiger partial charge on any atom is 0.223 e. The van der Waals surface area contributed by atoms with E-state index in [0.717, 1.165) is 55.4 Å². The van der Waals surface area contributed by atoms with E-state index < -0.39 is 0 Å². The van der Waals surface area contributed by atoms with Crippen molar-refractivity contribution in [2.24, 2.45) is 0 Å². The standard InChI is InChI=1S/C20H22N4OS/c25-20(9-8-19-22-17-6-1-2-7-18(17)26-19)24-13-11-23(12-14-24)15-16-5-3-4-10-21-16/h1-7,10H,8-9,11-15H2. The number of hydrogen-bond donors (Lipinski definition) is 0. The van der Waals surface area contributed by atoms with Gasteiger partial charge in [-0.05, 0) is 24.3 Å². The van der Waals surface area contributed by atoms with Gasteiger partial charge >= 0.3 is 0 Å². The zero-order chi connectivity index (χ0) is 17.8. The summed E-state index contributed by atoms with van der Waals surface area (Å²) in [6.45, 7) is 4.26. The molecule has 0 spiro atoms. The zero-order valence-electron chi connectivity index (χ0n) is 14.7. The van der Waals surface area contributed by atoms with Crippen molar-refractivity contribution in [3.63, 3.8) is 0 Å². The number of rotatable bonds is 5. The molecule has 0 atom stereocenters. The van der Waals surface area contributed by atoms with Crippen molar-refractivity contribution < 1.29 is 4.79 Å². The smallest absolute Gasteiger partial charge is 0.223 e. The first-order chi connectivity index (χ1) is 12.8. The van der Waals surface area contributed by atoms with Crippen molar-refractivity contribution in [3.8, 4) is 0 Å². The first kappa shape index (κ1) is 17.1. The molecule has 0 unspecified atom stereocenters. The van der Waals surface area contributed by atoms with Crippen LogP contribution in [0.4, 0.5) is 0 Å². The maximum atomic E-state index is 12.5. The van der Waals surface area contributed by atoms with Crippen LogP contribution in [0.5, 0.6) is 0 Å². The fourth-order valence-electron chi connectivity index (χ4n) is 3.27. The number of hydrogen-bond acceptors (Lipinski definition) is 5. The SMILES string of the molecule is O=C(CCc1nc2ccccc2s1)N1CCN(Cc2ccccn2)CC1. The maximum absolute atomic E-state index is 12.5. The van der Waals surface area contributed by atoms with Gasteiger partial charge in [0.15, 0.2) is 0 Å². The number of fused-ring (bicyclic) bond motifs is 1. The Morgan fingerprint density at radius 3 is 2.62 bits per heavy atom. The molecule has 0 bridgehead atoms. The molecule has 0 radical (unpaired) electrons. The topological polar surface area (TPSA) is 49.3 Å². The highest BCUT2D eigenvalue weighted by Crippen LogP contribution is 2.22. The van der Waals surface area contributed by atoms with Crippen molar-refractivity contribution in [1.29, 1.82) is 0 Å². The number of nitrogens with zero attached hydrogens (tertiary/aromatic N) is 4. The Labute approximate surface area is 157 Å². The van der Waals surface area contributed by atoms with Gasteiger partial charge in [-0.3, -0.25) is 14.7 Å². The van der Waals surface area contributed by atoms with Gasteiger partial charge in [-0.15, -0.1) is 11.3 Å². The van der Waals surface area contributed by atoms with Crippen molar-refractivity contribution >= 4 is 27.5 Å². The summed E-state index contributed by atoms with van der Waals surface area (Å²) in [5, 5.41) is 1.05. The molecule has 1 aliphatic rings. The van der Waals surface area contributed by atoms with Crippen LogP contribution in [-0.4, -0.2) is 51.9 Å². The molecule has 3 heterocycles. The molecule has 1 saturated heterocycles. The number of carbonyl (C=O) groups is 1. The molecule has 3 aromatic rings. The number of pyridine rings is 1.